The summed E-state index contributed by atoms with van der Waals surface area (Å²) in [6, 6.07) is 7.26. The minimum atomic E-state index is -2.86. The summed E-state index contributed by atoms with van der Waals surface area (Å²) < 4.78 is 40.0. The Labute approximate surface area is 332 Å². The fourth-order valence-electron chi connectivity index (χ4n) is 9.32. The Kier molecular flexibility index (Phi) is 10.1. The van der Waals surface area contributed by atoms with Crippen LogP contribution in [0.3, 0.4) is 0 Å². The first-order chi connectivity index (χ1) is 28.0. The number of piperidine rings is 2. The lowest BCUT2D eigenvalue weighted by molar-refractivity contribution is -0.135. The van der Waals surface area contributed by atoms with Gasteiger partial charge in [-0.15, -0.1) is 0 Å². The minimum Gasteiger partial charge on any atom is -0.380 e. The predicted molar refractivity (Wildman–Crippen MR) is 209 cm³/mol. The van der Waals surface area contributed by atoms with E-state index in [0.717, 1.165) is 75.1 Å². The Balaban J connectivity index is 0.802. The maximum atomic E-state index is 14.2. The zero-order chi connectivity index (χ0) is 40.2. The highest BCUT2D eigenvalue weighted by Gasteiger charge is 2.34. The molecule has 16 nitrogen and oxygen atoms in total. The molecular formula is C40H47F2N11O5. The molecule has 1 aromatic carbocycles. The van der Waals surface area contributed by atoms with Gasteiger partial charge in [-0.05, 0) is 76.1 Å². The Morgan fingerprint density at radius 2 is 1.83 bits per heavy atom. The number of amides is 3. The molecule has 2 N–H and O–H groups in total. The van der Waals surface area contributed by atoms with Crippen LogP contribution in [0, 0.1) is 5.92 Å². The van der Waals surface area contributed by atoms with Crippen molar-refractivity contribution in [3.63, 3.8) is 0 Å². The molecule has 3 saturated heterocycles. The summed E-state index contributed by atoms with van der Waals surface area (Å²) in [5, 5.41) is 13.5. The number of halogens is 2. The summed E-state index contributed by atoms with van der Waals surface area (Å²) in [5.74, 6) is -0.731. The summed E-state index contributed by atoms with van der Waals surface area (Å²) in [6.45, 7) is 3.68. The SMILES string of the molecule is CN(CC1CCC(n2cc(NC(=O)c3cnn4ccc(C5COC5)nc34)c(C(F)F)n2)CC1)C1CCN(c2cccc3c2n(C)c(=O)n3C2CCC(=O)NC2=O)CC1. The molecule has 306 valence electrons. The second-order valence-electron chi connectivity index (χ2n) is 16.2. The Bertz CT molecular complexity index is 2440. The van der Waals surface area contributed by atoms with E-state index in [4.69, 9.17) is 4.74 Å². The molecule has 7 heterocycles. The van der Waals surface area contributed by atoms with E-state index in [-0.39, 0.29) is 41.2 Å². The quantitative estimate of drug-likeness (QED) is 0.196. The van der Waals surface area contributed by atoms with Gasteiger partial charge in [0, 0.05) is 57.5 Å². The number of alkyl halides is 2. The van der Waals surface area contributed by atoms with Gasteiger partial charge in [-0.2, -0.15) is 10.2 Å². The number of ether oxygens (including phenoxy) is 1. The number of anilines is 2. The van der Waals surface area contributed by atoms with Gasteiger partial charge in [0.05, 0.1) is 53.6 Å². The predicted octanol–water partition coefficient (Wildman–Crippen LogP) is 4.19. The number of hydrogen-bond acceptors (Lipinski definition) is 10. The number of nitrogens with zero attached hydrogens (tertiary/aromatic N) is 9. The van der Waals surface area contributed by atoms with Gasteiger partial charge >= 0.3 is 5.69 Å². The topological polar surface area (TPSA) is 166 Å². The highest BCUT2D eigenvalue weighted by atomic mass is 19.3. The maximum Gasteiger partial charge on any atom is 0.329 e. The fraction of sp³-hybridized carbons (Fsp3) is 0.525. The molecule has 1 saturated carbocycles. The van der Waals surface area contributed by atoms with E-state index in [1.54, 1.807) is 22.5 Å². The Morgan fingerprint density at radius 3 is 2.53 bits per heavy atom. The van der Waals surface area contributed by atoms with Crippen LogP contribution in [0.2, 0.25) is 0 Å². The highest BCUT2D eigenvalue weighted by molar-refractivity contribution is 6.08. The Hall–Kier alpha value is -5.49. The molecular weight excluding hydrogens is 753 g/mol. The van der Waals surface area contributed by atoms with Crippen molar-refractivity contribution < 1.29 is 27.9 Å². The third-order valence-corrected chi connectivity index (χ3v) is 12.7. The van der Waals surface area contributed by atoms with Crippen LogP contribution in [0.4, 0.5) is 20.2 Å². The van der Waals surface area contributed by atoms with Crippen molar-refractivity contribution in [2.24, 2.45) is 13.0 Å². The first-order valence-electron chi connectivity index (χ1n) is 20.1. The standard InChI is InChI=1S/C40H47F2N11O5/c1-48(25-12-15-50(16-13-25)30-4-3-5-31-35(30)49(2)40(57)53(31)32-10-11-33(54)46-39(32)56)19-23-6-8-26(9-7-23)52-20-29(34(47-52)36(41)42)45-38(55)27-18-43-51-17-14-28(44-37(27)51)24-21-58-22-24/h3-5,14,17-18,20,23-26,32,36H,6-13,15-16,19,21-22H2,1-2H3,(H,45,55)(H,46,54,56). The molecule has 3 amide bonds. The van der Waals surface area contributed by atoms with Gasteiger partial charge < -0.3 is 19.9 Å². The summed E-state index contributed by atoms with van der Waals surface area (Å²) >= 11 is 0. The molecule has 18 heteroatoms. The van der Waals surface area contributed by atoms with E-state index in [2.05, 4.69) is 42.7 Å². The molecule has 0 radical (unpaired) electrons. The summed E-state index contributed by atoms with van der Waals surface area (Å²) in [4.78, 5) is 60.7. The zero-order valence-corrected chi connectivity index (χ0v) is 32.5. The van der Waals surface area contributed by atoms with Gasteiger partial charge in [-0.1, -0.05) is 6.07 Å². The molecule has 9 rings (SSSR count). The second kappa shape index (κ2) is 15.4. The van der Waals surface area contributed by atoms with Crippen LogP contribution in [0.15, 0.2) is 47.7 Å². The number of carbonyl (C=O) groups excluding carboxylic acids is 3. The smallest absolute Gasteiger partial charge is 0.329 e. The largest absolute Gasteiger partial charge is 0.380 e. The third kappa shape index (κ3) is 6.95. The van der Waals surface area contributed by atoms with Gasteiger partial charge in [0.15, 0.2) is 11.3 Å². The van der Waals surface area contributed by atoms with Crippen molar-refractivity contribution in [3.05, 3.63) is 70.3 Å². The second-order valence-corrected chi connectivity index (χ2v) is 16.2. The van der Waals surface area contributed by atoms with Crippen molar-refractivity contribution in [2.45, 2.75) is 81.8 Å². The number of aromatic nitrogens is 7. The van der Waals surface area contributed by atoms with Crippen LogP contribution < -0.4 is 21.2 Å². The number of hydrogen-bond donors (Lipinski definition) is 2. The molecule has 58 heavy (non-hydrogen) atoms. The number of para-hydroxylation sites is 1. The lowest BCUT2D eigenvalue weighted by Gasteiger charge is -2.40. The van der Waals surface area contributed by atoms with Crippen LogP contribution in [0.25, 0.3) is 16.7 Å². The Morgan fingerprint density at radius 1 is 1.05 bits per heavy atom. The van der Waals surface area contributed by atoms with Crippen LogP contribution in [0.1, 0.15) is 97.5 Å². The normalized spacial score (nSPS) is 22.3. The fourth-order valence-corrected chi connectivity index (χ4v) is 9.32. The number of fused-ring (bicyclic) bond motifs is 2. The molecule has 1 aliphatic carbocycles. The van der Waals surface area contributed by atoms with E-state index < -0.39 is 30.0 Å². The van der Waals surface area contributed by atoms with Gasteiger partial charge in [0.25, 0.3) is 12.3 Å². The van der Waals surface area contributed by atoms with E-state index >= 15 is 0 Å². The molecule has 0 spiro atoms. The van der Waals surface area contributed by atoms with Crippen molar-refractivity contribution in [3.8, 4) is 0 Å². The molecule has 5 aromatic rings. The molecule has 3 aliphatic heterocycles. The average Bonchev–Trinajstić information content (AvgIpc) is 3.89. The number of aryl methyl sites for hydroxylation is 1. The highest BCUT2D eigenvalue weighted by Crippen LogP contribution is 2.37. The lowest BCUT2D eigenvalue weighted by Crippen LogP contribution is -2.45. The molecule has 1 unspecified atom stereocenters. The van der Waals surface area contributed by atoms with E-state index in [1.807, 2.05) is 24.3 Å². The number of nitrogens with one attached hydrogen (secondary N) is 2. The monoisotopic (exact) mass is 799 g/mol. The first-order valence-corrected chi connectivity index (χ1v) is 20.1. The zero-order valence-electron chi connectivity index (χ0n) is 32.5. The van der Waals surface area contributed by atoms with Gasteiger partial charge in [0.1, 0.15) is 11.6 Å². The van der Waals surface area contributed by atoms with Crippen molar-refractivity contribution in [1.29, 1.82) is 0 Å². The van der Waals surface area contributed by atoms with Gasteiger partial charge in [0.2, 0.25) is 11.8 Å². The van der Waals surface area contributed by atoms with Crippen LogP contribution in [-0.2, 0) is 21.4 Å². The number of imidazole rings is 1. The third-order valence-electron chi connectivity index (χ3n) is 12.7. The van der Waals surface area contributed by atoms with E-state index in [0.29, 0.717) is 42.8 Å². The van der Waals surface area contributed by atoms with Crippen molar-refractivity contribution in [1.82, 2.24) is 43.7 Å². The lowest BCUT2D eigenvalue weighted by atomic mass is 9.85. The molecule has 4 fully saturated rings. The van der Waals surface area contributed by atoms with Crippen LogP contribution >= 0.6 is 0 Å². The molecule has 0 bridgehead atoms. The first kappa shape index (κ1) is 38.1. The summed E-state index contributed by atoms with van der Waals surface area (Å²) in [7, 11) is 3.91. The van der Waals surface area contributed by atoms with Gasteiger partial charge in [-0.25, -0.2) is 23.1 Å². The van der Waals surface area contributed by atoms with Crippen LogP contribution in [-0.4, -0.2) is 102 Å². The van der Waals surface area contributed by atoms with Crippen molar-refractivity contribution >= 4 is 45.8 Å². The van der Waals surface area contributed by atoms with Crippen LogP contribution in [0.5, 0.6) is 0 Å². The number of rotatable bonds is 10. The average molecular weight is 800 g/mol. The molecule has 4 aliphatic rings. The number of imide groups is 1. The van der Waals surface area contributed by atoms with E-state index in [1.165, 1.54) is 21.5 Å². The van der Waals surface area contributed by atoms with E-state index in [9.17, 15) is 28.0 Å². The number of carbonyl (C=O) groups is 3. The molecule has 1 atom stereocenters. The summed E-state index contributed by atoms with van der Waals surface area (Å²) in [5.41, 5.74) is 3.02. The van der Waals surface area contributed by atoms with Crippen molar-refractivity contribution in [2.75, 3.05) is 50.1 Å². The minimum absolute atomic E-state index is 0.0126. The summed E-state index contributed by atoms with van der Waals surface area (Å²) in [6.07, 6.45) is 7.62. The number of benzene rings is 1. The van der Waals surface area contributed by atoms with Gasteiger partial charge in [-0.3, -0.25) is 33.5 Å². The maximum absolute atomic E-state index is 14.2. The molecule has 4 aromatic heterocycles.